The molecule has 0 bridgehead atoms. The minimum absolute atomic E-state index is 0.0182. The zero-order chi connectivity index (χ0) is 19.1. The molecule has 2 fully saturated rings. The Bertz CT molecular complexity index is 633. The molecule has 1 aromatic rings. The Morgan fingerprint density at radius 3 is 2.56 bits per heavy atom. The van der Waals surface area contributed by atoms with Gasteiger partial charge in [0.2, 0.25) is 5.91 Å². The molecule has 27 heavy (non-hydrogen) atoms. The molecule has 7 heteroatoms. The van der Waals surface area contributed by atoms with Gasteiger partial charge in [0.1, 0.15) is 0 Å². The first-order valence-corrected chi connectivity index (χ1v) is 9.69. The van der Waals surface area contributed by atoms with E-state index in [0.717, 1.165) is 19.5 Å². The first-order chi connectivity index (χ1) is 13.1. The van der Waals surface area contributed by atoms with Crippen molar-refractivity contribution in [1.29, 1.82) is 0 Å². The number of carbonyl (C=O) groups is 2. The van der Waals surface area contributed by atoms with Gasteiger partial charge in [-0.3, -0.25) is 14.5 Å². The number of β-amino-alcohol motifs (C(OH)–C–C–N with tert-alkyl or cyclic N) is 1. The van der Waals surface area contributed by atoms with Gasteiger partial charge in [0.25, 0.3) is 5.91 Å². The second-order valence-corrected chi connectivity index (χ2v) is 7.40. The van der Waals surface area contributed by atoms with Gasteiger partial charge in [-0.15, -0.1) is 0 Å². The first kappa shape index (κ1) is 19.8. The molecule has 2 N–H and O–H groups in total. The van der Waals surface area contributed by atoms with E-state index in [1.165, 1.54) is 0 Å². The van der Waals surface area contributed by atoms with Crippen LogP contribution in [0.3, 0.4) is 0 Å². The zero-order valence-corrected chi connectivity index (χ0v) is 15.7. The molecule has 0 aromatic heterocycles. The summed E-state index contributed by atoms with van der Waals surface area (Å²) in [5.74, 6) is -0.350. The number of nitrogens with zero attached hydrogens (tertiary/aromatic N) is 2. The number of morpholine rings is 1. The van der Waals surface area contributed by atoms with E-state index >= 15 is 0 Å². The summed E-state index contributed by atoms with van der Waals surface area (Å²) in [7, 11) is 0. The van der Waals surface area contributed by atoms with E-state index < -0.39 is 5.60 Å². The average molecular weight is 375 g/mol. The molecular weight excluding hydrogens is 346 g/mol. The number of nitrogens with one attached hydrogen (secondary N) is 1. The van der Waals surface area contributed by atoms with Crippen molar-refractivity contribution in [3.8, 4) is 0 Å². The van der Waals surface area contributed by atoms with Crippen molar-refractivity contribution in [2.24, 2.45) is 0 Å². The summed E-state index contributed by atoms with van der Waals surface area (Å²) in [6.07, 6.45) is 2.01. The van der Waals surface area contributed by atoms with Crippen LogP contribution in [0.4, 0.5) is 0 Å². The largest absolute Gasteiger partial charge is 0.388 e. The number of carbonyl (C=O) groups excluding carboxylic acids is 2. The minimum Gasteiger partial charge on any atom is -0.388 e. The lowest BCUT2D eigenvalue weighted by Crippen LogP contribution is -2.48. The van der Waals surface area contributed by atoms with Gasteiger partial charge in [0, 0.05) is 38.3 Å². The Hall–Kier alpha value is -1.96. The number of aliphatic hydroxyl groups is 1. The second kappa shape index (κ2) is 9.30. The van der Waals surface area contributed by atoms with Crippen LogP contribution in [-0.2, 0) is 9.53 Å². The van der Waals surface area contributed by atoms with Crippen LogP contribution in [0.5, 0.6) is 0 Å². The fourth-order valence-electron chi connectivity index (χ4n) is 3.72. The third-order valence-electron chi connectivity index (χ3n) is 5.33. The highest BCUT2D eigenvalue weighted by Crippen LogP contribution is 2.24. The molecule has 0 spiro atoms. The Kier molecular flexibility index (Phi) is 6.82. The number of amides is 2. The third kappa shape index (κ3) is 5.76. The topological polar surface area (TPSA) is 82.1 Å². The molecule has 2 aliphatic rings. The molecule has 2 amide bonds. The average Bonchev–Trinajstić information content (AvgIpc) is 2.89. The fraction of sp³-hybridized carbons (Fsp3) is 0.600. The highest BCUT2D eigenvalue weighted by molar-refractivity contribution is 5.96. The lowest BCUT2D eigenvalue weighted by Gasteiger charge is -2.35. The molecule has 1 aromatic carbocycles. The van der Waals surface area contributed by atoms with E-state index in [1.807, 2.05) is 6.07 Å². The number of rotatable bonds is 5. The summed E-state index contributed by atoms with van der Waals surface area (Å²) in [6.45, 7) is 4.85. The van der Waals surface area contributed by atoms with Crippen LogP contribution in [0.15, 0.2) is 30.3 Å². The van der Waals surface area contributed by atoms with Gasteiger partial charge in [-0.25, -0.2) is 0 Å². The summed E-state index contributed by atoms with van der Waals surface area (Å²) >= 11 is 0. The van der Waals surface area contributed by atoms with E-state index in [9.17, 15) is 14.7 Å². The van der Waals surface area contributed by atoms with Gasteiger partial charge in [0.15, 0.2) is 0 Å². The molecule has 2 aliphatic heterocycles. The number of hydrogen-bond donors (Lipinski definition) is 2. The molecule has 7 nitrogen and oxygen atoms in total. The fourth-order valence-corrected chi connectivity index (χ4v) is 3.72. The standard InChI is InChI=1S/C20H29N3O4/c24-18(15-21-19(25)17-5-2-1-3-6-17)23-9-4-7-20(26,8-10-23)16-22-11-13-27-14-12-22/h1-3,5-6,26H,4,7-16H2,(H,21,25)/t20-/m0/s1. The van der Waals surface area contributed by atoms with Crippen LogP contribution in [-0.4, -0.2) is 84.8 Å². The van der Waals surface area contributed by atoms with Gasteiger partial charge in [-0.2, -0.15) is 0 Å². The smallest absolute Gasteiger partial charge is 0.251 e. The van der Waals surface area contributed by atoms with Crippen LogP contribution in [0, 0.1) is 0 Å². The van der Waals surface area contributed by atoms with Gasteiger partial charge in [-0.1, -0.05) is 18.2 Å². The zero-order valence-electron chi connectivity index (χ0n) is 15.7. The molecule has 2 saturated heterocycles. The quantitative estimate of drug-likeness (QED) is 0.783. The van der Waals surface area contributed by atoms with E-state index in [2.05, 4.69) is 10.2 Å². The predicted molar refractivity (Wildman–Crippen MR) is 101 cm³/mol. The van der Waals surface area contributed by atoms with E-state index in [1.54, 1.807) is 29.2 Å². The number of hydrogen-bond acceptors (Lipinski definition) is 5. The number of benzene rings is 1. The molecule has 3 rings (SSSR count). The third-order valence-corrected chi connectivity index (χ3v) is 5.33. The maximum atomic E-state index is 12.5. The molecule has 0 unspecified atom stereocenters. The molecule has 2 heterocycles. The van der Waals surface area contributed by atoms with E-state index in [-0.39, 0.29) is 18.4 Å². The summed E-state index contributed by atoms with van der Waals surface area (Å²) < 4.78 is 5.36. The van der Waals surface area contributed by atoms with Gasteiger partial charge < -0.3 is 20.1 Å². The van der Waals surface area contributed by atoms with Crippen LogP contribution in [0.25, 0.3) is 0 Å². The van der Waals surface area contributed by atoms with Gasteiger partial charge >= 0.3 is 0 Å². The maximum absolute atomic E-state index is 12.5. The highest BCUT2D eigenvalue weighted by Gasteiger charge is 2.33. The number of likely N-dealkylation sites (tertiary alicyclic amines) is 1. The normalized spacial score (nSPS) is 24.3. The Labute approximate surface area is 160 Å². The monoisotopic (exact) mass is 375 g/mol. The first-order valence-electron chi connectivity index (χ1n) is 9.69. The number of ether oxygens (including phenoxy) is 1. The van der Waals surface area contributed by atoms with Gasteiger partial charge in [0.05, 0.1) is 25.4 Å². The summed E-state index contributed by atoms with van der Waals surface area (Å²) in [4.78, 5) is 28.6. The van der Waals surface area contributed by atoms with E-state index in [0.29, 0.717) is 51.3 Å². The van der Waals surface area contributed by atoms with Gasteiger partial charge in [-0.05, 0) is 31.4 Å². The SMILES string of the molecule is O=C(NCC(=O)N1CCC[C@@](O)(CN2CCOCC2)CC1)c1ccccc1. The highest BCUT2D eigenvalue weighted by atomic mass is 16.5. The lowest BCUT2D eigenvalue weighted by atomic mass is 9.94. The predicted octanol–water partition coefficient (Wildman–Crippen LogP) is 0.492. The molecule has 1 atom stereocenters. The van der Waals surface area contributed by atoms with Crippen LogP contribution >= 0.6 is 0 Å². The Morgan fingerprint density at radius 1 is 1.07 bits per heavy atom. The van der Waals surface area contributed by atoms with E-state index in [4.69, 9.17) is 4.74 Å². The van der Waals surface area contributed by atoms with Crippen molar-refractivity contribution in [3.63, 3.8) is 0 Å². The Balaban J connectivity index is 1.46. The molecule has 0 aliphatic carbocycles. The maximum Gasteiger partial charge on any atom is 0.251 e. The summed E-state index contributed by atoms with van der Waals surface area (Å²) in [6, 6.07) is 8.87. The van der Waals surface area contributed by atoms with Crippen molar-refractivity contribution in [2.45, 2.75) is 24.9 Å². The molecule has 0 radical (unpaired) electrons. The molecule has 0 saturated carbocycles. The summed E-state index contributed by atoms with van der Waals surface area (Å²) in [5, 5.41) is 13.7. The molecular formula is C20H29N3O4. The Morgan fingerprint density at radius 2 is 1.81 bits per heavy atom. The van der Waals surface area contributed by atoms with Crippen molar-refractivity contribution in [2.75, 3.05) is 52.5 Å². The summed E-state index contributed by atoms with van der Waals surface area (Å²) in [5.41, 5.74) is -0.222. The second-order valence-electron chi connectivity index (χ2n) is 7.40. The minimum atomic E-state index is -0.764. The van der Waals surface area contributed by atoms with Crippen molar-refractivity contribution < 1.29 is 19.4 Å². The van der Waals surface area contributed by atoms with Crippen LogP contribution < -0.4 is 5.32 Å². The van der Waals surface area contributed by atoms with Crippen LogP contribution in [0.1, 0.15) is 29.6 Å². The molecule has 148 valence electrons. The lowest BCUT2D eigenvalue weighted by molar-refractivity contribution is -0.130. The van der Waals surface area contributed by atoms with Crippen molar-refractivity contribution in [3.05, 3.63) is 35.9 Å². The van der Waals surface area contributed by atoms with Crippen molar-refractivity contribution in [1.82, 2.24) is 15.1 Å². The van der Waals surface area contributed by atoms with Crippen LogP contribution in [0.2, 0.25) is 0 Å². The van der Waals surface area contributed by atoms with Crippen molar-refractivity contribution >= 4 is 11.8 Å².